The molecular weight excluding hydrogens is 454 g/mol. The summed E-state index contributed by atoms with van der Waals surface area (Å²) < 4.78 is 11.0. The fourth-order valence-corrected chi connectivity index (χ4v) is 4.42. The van der Waals surface area contributed by atoms with E-state index in [0.717, 1.165) is 36.3 Å². The number of rotatable bonds is 7. The Kier molecular flexibility index (Phi) is 7.34. The Bertz CT molecular complexity index is 1260. The van der Waals surface area contributed by atoms with E-state index in [1.807, 2.05) is 45.0 Å². The van der Waals surface area contributed by atoms with Gasteiger partial charge in [0.2, 0.25) is 0 Å². The number of hydrogen-bond donors (Lipinski definition) is 2. The molecule has 6 heteroatoms. The number of carbonyl (C=O) groups is 2. The predicted molar refractivity (Wildman–Crippen MR) is 140 cm³/mol. The van der Waals surface area contributed by atoms with Crippen LogP contribution in [0.2, 0.25) is 0 Å². The third kappa shape index (κ3) is 5.88. The molecule has 1 atom stereocenters. The standard InChI is InChI=1S/C30H33NO5/c1-30(2,3)29(34)36-25-12-9-20-15-22(6-5-21(20)16-25)26-14-13-24(35-4)17-27(26)31-18-28(33)19-7-10-23(32)11-8-19/h7-14,16-17,22,31-32H,5-6,15,18H2,1-4H3. The van der Waals surface area contributed by atoms with Gasteiger partial charge in [-0.05, 0) is 105 Å². The first-order valence-electron chi connectivity index (χ1n) is 12.2. The Morgan fingerprint density at radius 3 is 2.39 bits per heavy atom. The lowest BCUT2D eigenvalue weighted by Gasteiger charge is -2.28. The largest absolute Gasteiger partial charge is 0.508 e. The number of fused-ring (bicyclic) bond motifs is 1. The van der Waals surface area contributed by atoms with Crippen molar-refractivity contribution in [1.29, 1.82) is 0 Å². The molecule has 6 nitrogen and oxygen atoms in total. The van der Waals surface area contributed by atoms with Gasteiger partial charge in [-0.3, -0.25) is 9.59 Å². The number of carbonyl (C=O) groups excluding carboxylic acids is 2. The quantitative estimate of drug-likeness (QED) is 0.244. The van der Waals surface area contributed by atoms with Gasteiger partial charge in [-0.15, -0.1) is 0 Å². The summed E-state index contributed by atoms with van der Waals surface area (Å²) in [5.41, 5.74) is 4.45. The minimum atomic E-state index is -0.553. The third-order valence-corrected chi connectivity index (χ3v) is 6.56. The second-order valence-corrected chi connectivity index (χ2v) is 10.3. The number of ether oxygens (including phenoxy) is 2. The van der Waals surface area contributed by atoms with Crippen LogP contribution < -0.4 is 14.8 Å². The number of hydrogen-bond acceptors (Lipinski definition) is 6. The van der Waals surface area contributed by atoms with E-state index in [2.05, 4.69) is 17.4 Å². The van der Waals surface area contributed by atoms with Crippen molar-refractivity contribution in [1.82, 2.24) is 0 Å². The molecule has 1 aliphatic carbocycles. The molecule has 0 radical (unpaired) electrons. The zero-order chi connectivity index (χ0) is 25.9. The van der Waals surface area contributed by atoms with Crippen LogP contribution in [0.4, 0.5) is 5.69 Å². The van der Waals surface area contributed by atoms with Gasteiger partial charge >= 0.3 is 5.97 Å². The first kappa shape index (κ1) is 25.3. The maximum Gasteiger partial charge on any atom is 0.316 e. The van der Waals surface area contributed by atoms with Crippen molar-refractivity contribution in [3.8, 4) is 17.2 Å². The lowest BCUT2D eigenvalue weighted by atomic mass is 9.79. The van der Waals surface area contributed by atoms with Crippen LogP contribution in [0.1, 0.15) is 60.2 Å². The van der Waals surface area contributed by atoms with Crippen LogP contribution in [0.25, 0.3) is 0 Å². The molecule has 0 amide bonds. The highest BCUT2D eigenvalue weighted by Gasteiger charge is 2.26. The number of benzene rings is 3. The van der Waals surface area contributed by atoms with Gasteiger partial charge in [-0.1, -0.05) is 12.1 Å². The van der Waals surface area contributed by atoms with Gasteiger partial charge in [-0.25, -0.2) is 0 Å². The average molecular weight is 488 g/mol. The van der Waals surface area contributed by atoms with Crippen molar-refractivity contribution in [3.05, 3.63) is 82.9 Å². The lowest BCUT2D eigenvalue weighted by molar-refractivity contribution is -0.143. The highest BCUT2D eigenvalue weighted by atomic mass is 16.5. The van der Waals surface area contributed by atoms with Gasteiger partial charge in [-0.2, -0.15) is 0 Å². The van der Waals surface area contributed by atoms with E-state index in [-0.39, 0.29) is 30.0 Å². The van der Waals surface area contributed by atoms with Crippen molar-refractivity contribution >= 4 is 17.4 Å². The van der Waals surface area contributed by atoms with E-state index in [1.165, 1.54) is 23.3 Å². The third-order valence-electron chi connectivity index (χ3n) is 6.56. The number of anilines is 1. The Labute approximate surface area is 212 Å². The maximum absolute atomic E-state index is 12.7. The first-order chi connectivity index (χ1) is 17.1. The van der Waals surface area contributed by atoms with E-state index >= 15 is 0 Å². The summed E-state index contributed by atoms with van der Waals surface area (Å²) in [6, 6.07) is 18.1. The van der Waals surface area contributed by atoms with Gasteiger partial charge in [0.05, 0.1) is 19.1 Å². The minimum absolute atomic E-state index is 0.0601. The summed E-state index contributed by atoms with van der Waals surface area (Å²) in [6.45, 7) is 5.67. The molecule has 0 bridgehead atoms. The van der Waals surface area contributed by atoms with E-state index < -0.39 is 5.41 Å². The number of esters is 1. The van der Waals surface area contributed by atoms with E-state index in [1.54, 1.807) is 19.2 Å². The van der Waals surface area contributed by atoms with Crippen LogP contribution in [0.3, 0.4) is 0 Å². The molecule has 2 N–H and O–H groups in total. The number of phenolic OH excluding ortho intramolecular Hbond substituents is 1. The van der Waals surface area contributed by atoms with Gasteiger partial charge in [0.15, 0.2) is 5.78 Å². The molecule has 0 heterocycles. The van der Waals surface area contributed by atoms with Gasteiger partial charge in [0, 0.05) is 17.3 Å². The number of aromatic hydroxyl groups is 1. The predicted octanol–water partition coefficient (Wildman–Crippen LogP) is 5.92. The highest BCUT2D eigenvalue weighted by molar-refractivity contribution is 5.99. The zero-order valence-electron chi connectivity index (χ0n) is 21.3. The van der Waals surface area contributed by atoms with Crippen molar-refractivity contribution < 1.29 is 24.2 Å². The normalized spacial score (nSPS) is 15.1. The minimum Gasteiger partial charge on any atom is -0.508 e. The van der Waals surface area contributed by atoms with E-state index in [4.69, 9.17) is 9.47 Å². The highest BCUT2D eigenvalue weighted by Crippen LogP contribution is 2.38. The Hall–Kier alpha value is -3.80. The summed E-state index contributed by atoms with van der Waals surface area (Å²) in [7, 11) is 1.63. The molecule has 4 rings (SSSR count). The molecule has 0 saturated carbocycles. The molecule has 0 fully saturated rings. The molecule has 36 heavy (non-hydrogen) atoms. The van der Waals surface area contributed by atoms with Crippen molar-refractivity contribution in [2.75, 3.05) is 19.0 Å². The molecule has 0 spiro atoms. The lowest BCUT2D eigenvalue weighted by Crippen LogP contribution is -2.25. The number of ketones is 1. The summed E-state index contributed by atoms with van der Waals surface area (Å²) in [6.07, 6.45) is 2.67. The van der Waals surface area contributed by atoms with E-state index in [0.29, 0.717) is 11.3 Å². The summed E-state index contributed by atoms with van der Waals surface area (Å²) >= 11 is 0. The number of Topliss-reactive ketones (excluding diaryl/α,β-unsaturated/α-hetero) is 1. The van der Waals surface area contributed by atoms with Gasteiger partial charge in [0.25, 0.3) is 0 Å². The zero-order valence-corrected chi connectivity index (χ0v) is 21.3. The fourth-order valence-electron chi connectivity index (χ4n) is 4.42. The molecule has 0 aromatic heterocycles. The maximum atomic E-state index is 12.7. The fraction of sp³-hybridized carbons (Fsp3) is 0.333. The average Bonchev–Trinajstić information content (AvgIpc) is 2.86. The van der Waals surface area contributed by atoms with Crippen LogP contribution in [-0.4, -0.2) is 30.5 Å². The molecule has 0 saturated heterocycles. The Morgan fingerprint density at radius 1 is 0.972 bits per heavy atom. The molecule has 188 valence electrons. The topological polar surface area (TPSA) is 84.9 Å². The molecular formula is C30H33NO5. The summed E-state index contributed by atoms with van der Waals surface area (Å²) in [4.78, 5) is 25.0. The van der Waals surface area contributed by atoms with Crippen molar-refractivity contribution in [2.45, 2.75) is 46.0 Å². The van der Waals surface area contributed by atoms with Crippen LogP contribution in [0, 0.1) is 5.41 Å². The first-order valence-corrected chi connectivity index (χ1v) is 12.2. The second kappa shape index (κ2) is 10.4. The molecule has 3 aromatic carbocycles. The van der Waals surface area contributed by atoms with Gasteiger partial charge in [0.1, 0.15) is 17.2 Å². The SMILES string of the molecule is COc1ccc(C2CCc3cc(OC(=O)C(C)(C)C)ccc3C2)c(NCC(=O)c2ccc(O)cc2)c1. The van der Waals surface area contributed by atoms with E-state index in [9.17, 15) is 14.7 Å². The van der Waals surface area contributed by atoms with Crippen molar-refractivity contribution in [3.63, 3.8) is 0 Å². The molecule has 0 aliphatic heterocycles. The number of nitrogens with one attached hydrogen (secondary N) is 1. The summed E-state index contributed by atoms with van der Waals surface area (Å²) in [5.74, 6) is 1.41. The second-order valence-electron chi connectivity index (χ2n) is 10.3. The number of phenols is 1. The van der Waals surface area contributed by atoms with Crippen LogP contribution in [-0.2, 0) is 17.6 Å². The van der Waals surface area contributed by atoms with Crippen LogP contribution >= 0.6 is 0 Å². The molecule has 1 aliphatic rings. The monoisotopic (exact) mass is 487 g/mol. The van der Waals surface area contributed by atoms with Gasteiger partial charge < -0.3 is 19.9 Å². The van der Waals surface area contributed by atoms with Crippen molar-refractivity contribution in [2.24, 2.45) is 5.41 Å². The van der Waals surface area contributed by atoms with Crippen LogP contribution in [0.5, 0.6) is 17.2 Å². The Morgan fingerprint density at radius 2 is 1.69 bits per heavy atom. The smallest absolute Gasteiger partial charge is 0.316 e. The molecule has 3 aromatic rings. The van der Waals surface area contributed by atoms with Crippen LogP contribution in [0.15, 0.2) is 60.7 Å². The Balaban J connectivity index is 1.50. The number of methoxy groups -OCH3 is 1. The molecule has 1 unspecified atom stereocenters. The summed E-state index contributed by atoms with van der Waals surface area (Å²) in [5, 5.41) is 12.8. The number of aryl methyl sites for hydroxylation is 1.